The van der Waals surface area contributed by atoms with E-state index >= 15 is 0 Å². The van der Waals surface area contributed by atoms with Gasteiger partial charge in [-0.2, -0.15) is 5.10 Å². The van der Waals surface area contributed by atoms with E-state index in [1.165, 1.54) is 57.8 Å². The SMILES string of the molecule is CCCCCCCCCCNC(=O)Nc1cc(C2CC2)n[nH]1. The Bertz CT molecular complexity index is 440. The molecule has 1 fully saturated rings. The van der Waals surface area contributed by atoms with Gasteiger partial charge in [0.1, 0.15) is 5.82 Å². The number of carbonyl (C=O) groups excluding carboxylic acids is 1. The lowest BCUT2D eigenvalue weighted by Gasteiger charge is -2.05. The molecule has 0 spiro atoms. The molecule has 0 aromatic carbocycles. The van der Waals surface area contributed by atoms with E-state index in [2.05, 4.69) is 27.8 Å². The molecule has 2 amide bonds. The molecule has 0 radical (unpaired) electrons. The molecule has 0 aliphatic heterocycles. The zero-order chi connectivity index (χ0) is 15.6. The van der Waals surface area contributed by atoms with E-state index in [9.17, 15) is 4.79 Å². The first kappa shape index (κ1) is 16.8. The van der Waals surface area contributed by atoms with Crippen LogP contribution < -0.4 is 10.6 Å². The predicted molar refractivity (Wildman–Crippen MR) is 90.2 cm³/mol. The number of H-pyrrole nitrogens is 1. The fraction of sp³-hybridized carbons (Fsp3) is 0.765. The summed E-state index contributed by atoms with van der Waals surface area (Å²) in [6.07, 6.45) is 12.7. The zero-order valence-electron chi connectivity index (χ0n) is 13.8. The van der Waals surface area contributed by atoms with Gasteiger partial charge in [0.15, 0.2) is 0 Å². The molecule has 1 aliphatic rings. The van der Waals surface area contributed by atoms with Gasteiger partial charge in [0.25, 0.3) is 0 Å². The van der Waals surface area contributed by atoms with Crippen LogP contribution in [-0.2, 0) is 0 Å². The van der Waals surface area contributed by atoms with Gasteiger partial charge in [0, 0.05) is 18.5 Å². The number of carbonyl (C=O) groups is 1. The summed E-state index contributed by atoms with van der Waals surface area (Å²) < 4.78 is 0. The fourth-order valence-electron chi connectivity index (χ4n) is 2.62. The minimum absolute atomic E-state index is 0.144. The summed E-state index contributed by atoms with van der Waals surface area (Å²) >= 11 is 0. The quantitative estimate of drug-likeness (QED) is 0.525. The Balaban J connectivity index is 1.45. The molecule has 5 heteroatoms. The molecular formula is C17H30N4O. The summed E-state index contributed by atoms with van der Waals surface area (Å²) in [6, 6.07) is 1.79. The molecule has 5 nitrogen and oxygen atoms in total. The van der Waals surface area contributed by atoms with Gasteiger partial charge in [-0.1, -0.05) is 51.9 Å². The minimum atomic E-state index is -0.144. The smallest absolute Gasteiger partial charge is 0.320 e. The van der Waals surface area contributed by atoms with Crippen LogP contribution in [0.4, 0.5) is 10.6 Å². The van der Waals surface area contributed by atoms with Crippen LogP contribution in [0.5, 0.6) is 0 Å². The molecule has 0 bridgehead atoms. The van der Waals surface area contributed by atoms with Crippen molar-refractivity contribution in [1.82, 2.24) is 15.5 Å². The third-order valence-electron chi connectivity index (χ3n) is 4.16. The lowest BCUT2D eigenvalue weighted by Crippen LogP contribution is -2.29. The van der Waals surface area contributed by atoms with Crippen LogP contribution in [0.2, 0.25) is 0 Å². The molecule has 3 N–H and O–H groups in total. The number of nitrogens with one attached hydrogen (secondary N) is 3. The summed E-state index contributed by atoms with van der Waals surface area (Å²) in [5.41, 5.74) is 1.07. The van der Waals surface area contributed by atoms with Crippen LogP contribution in [0.25, 0.3) is 0 Å². The van der Waals surface area contributed by atoms with Crippen molar-refractivity contribution in [2.45, 2.75) is 77.0 Å². The Hall–Kier alpha value is -1.52. The normalized spacial score (nSPS) is 14.0. The van der Waals surface area contributed by atoms with Gasteiger partial charge in [0.05, 0.1) is 5.69 Å². The van der Waals surface area contributed by atoms with Crippen molar-refractivity contribution in [3.8, 4) is 0 Å². The Kier molecular flexibility index (Phi) is 7.26. The van der Waals surface area contributed by atoms with Crippen LogP contribution in [0.3, 0.4) is 0 Å². The van der Waals surface area contributed by atoms with Crippen LogP contribution >= 0.6 is 0 Å². The van der Waals surface area contributed by atoms with E-state index in [1.807, 2.05) is 6.07 Å². The van der Waals surface area contributed by atoms with Crippen molar-refractivity contribution < 1.29 is 4.79 Å². The molecule has 1 aliphatic carbocycles. The highest BCUT2D eigenvalue weighted by atomic mass is 16.2. The fourth-order valence-corrected chi connectivity index (χ4v) is 2.62. The van der Waals surface area contributed by atoms with E-state index in [0.717, 1.165) is 18.7 Å². The van der Waals surface area contributed by atoms with Crippen molar-refractivity contribution in [3.63, 3.8) is 0 Å². The molecule has 0 unspecified atom stereocenters. The highest BCUT2D eigenvalue weighted by molar-refractivity contribution is 5.88. The molecule has 1 saturated carbocycles. The van der Waals surface area contributed by atoms with Gasteiger partial charge in [-0.25, -0.2) is 4.79 Å². The van der Waals surface area contributed by atoms with Crippen molar-refractivity contribution in [2.24, 2.45) is 0 Å². The van der Waals surface area contributed by atoms with E-state index in [-0.39, 0.29) is 6.03 Å². The average molecular weight is 306 g/mol. The van der Waals surface area contributed by atoms with Crippen LogP contribution in [0.15, 0.2) is 6.07 Å². The van der Waals surface area contributed by atoms with Crippen molar-refractivity contribution in [1.29, 1.82) is 0 Å². The first-order chi connectivity index (χ1) is 10.8. The summed E-state index contributed by atoms with van der Waals surface area (Å²) in [6.45, 7) is 2.98. The monoisotopic (exact) mass is 306 g/mol. The Labute approximate surface area is 133 Å². The molecule has 0 saturated heterocycles. The van der Waals surface area contributed by atoms with Gasteiger partial charge in [-0.15, -0.1) is 0 Å². The largest absolute Gasteiger partial charge is 0.338 e. The number of aromatic nitrogens is 2. The number of hydrogen-bond acceptors (Lipinski definition) is 2. The van der Waals surface area contributed by atoms with Gasteiger partial charge in [0.2, 0.25) is 0 Å². The number of aromatic amines is 1. The minimum Gasteiger partial charge on any atom is -0.338 e. The number of anilines is 1. The van der Waals surface area contributed by atoms with Gasteiger partial charge >= 0.3 is 6.03 Å². The molecule has 124 valence electrons. The lowest BCUT2D eigenvalue weighted by atomic mass is 10.1. The highest BCUT2D eigenvalue weighted by Gasteiger charge is 2.26. The molecule has 2 rings (SSSR count). The van der Waals surface area contributed by atoms with Crippen molar-refractivity contribution in [2.75, 3.05) is 11.9 Å². The van der Waals surface area contributed by atoms with Crippen molar-refractivity contribution >= 4 is 11.8 Å². The second-order valence-electron chi connectivity index (χ2n) is 6.34. The maximum atomic E-state index is 11.7. The summed E-state index contributed by atoms with van der Waals surface area (Å²) in [7, 11) is 0. The zero-order valence-corrected chi connectivity index (χ0v) is 13.8. The highest BCUT2D eigenvalue weighted by Crippen LogP contribution is 2.39. The number of unbranched alkanes of at least 4 members (excludes halogenated alkanes) is 7. The van der Waals surface area contributed by atoms with E-state index in [4.69, 9.17) is 0 Å². The third-order valence-corrected chi connectivity index (χ3v) is 4.16. The summed E-state index contributed by atoms with van der Waals surface area (Å²) in [4.78, 5) is 11.7. The molecule has 1 aromatic rings. The summed E-state index contributed by atoms with van der Waals surface area (Å²) in [5, 5.41) is 12.8. The topological polar surface area (TPSA) is 69.8 Å². The molecule has 0 atom stereocenters. The van der Waals surface area contributed by atoms with E-state index < -0.39 is 0 Å². The molecule has 22 heavy (non-hydrogen) atoms. The van der Waals surface area contributed by atoms with Gasteiger partial charge in [-0.3, -0.25) is 10.4 Å². The Morgan fingerprint density at radius 3 is 2.55 bits per heavy atom. The number of amides is 2. The summed E-state index contributed by atoms with van der Waals surface area (Å²) in [5.74, 6) is 1.29. The number of urea groups is 1. The third kappa shape index (κ3) is 6.50. The average Bonchev–Trinajstić information content (AvgIpc) is 3.26. The van der Waals surface area contributed by atoms with Crippen LogP contribution in [-0.4, -0.2) is 22.8 Å². The number of rotatable bonds is 11. The number of hydrogen-bond donors (Lipinski definition) is 3. The van der Waals surface area contributed by atoms with Crippen LogP contribution in [0.1, 0.15) is 82.7 Å². The second-order valence-corrected chi connectivity index (χ2v) is 6.34. The standard InChI is InChI=1S/C17H30N4O/c1-2-3-4-5-6-7-8-9-12-18-17(22)19-16-13-15(20-21-16)14-10-11-14/h13-14H,2-12H2,1H3,(H3,18,19,20,21,22). The second kappa shape index (κ2) is 9.49. The Morgan fingerprint density at radius 2 is 1.86 bits per heavy atom. The molecule has 1 heterocycles. The van der Waals surface area contributed by atoms with E-state index in [0.29, 0.717) is 11.7 Å². The predicted octanol–water partition coefficient (Wildman–Crippen LogP) is 4.55. The molecular weight excluding hydrogens is 276 g/mol. The van der Waals surface area contributed by atoms with Crippen LogP contribution in [0, 0.1) is 0 Å². The van der Waals surface area contributed by atoms with E-state index in [1.54, 1.807) is 0 Å². The van der Waals surface area contributed by atoms with Crippen molar-refractivity contribution in [3.05, 3.63) is 11.8 Å². The molecule has 1 aromatic heterocycles. The first-order valence-corrected chi connectivity index (χ1v) is 8.89. The lowest BCUT2D eigenvalue weighted by molar-refractivity contribution is 0.252. The number of nitrogens with zero attached hydrogens (tertiary/aromatic N) is 1. The Morgan fingerprint density at radius 1 is 1.18 bits per heavy atom. The first-order valence-electron chi connectivity index (χ1n) is 8.89. The maximum Gasteiger partial charge on any atom is 0.320 e. The maximum absolute atomic E-state index is 11.7. The van der Waals surface area contributed by atoms with Gasteiger partial charge in [-0.05, 0) is 19.3 Å². The van der Waals surface area contributed by atoms with Gasteiger partial charge < -0.3 is 5.32 Å².